The first kappa shape index (κ1) is 9.52. The van der Waals surface area contributed by atoms with Crippen molar-refractivity contribution in [1.82, 2.24) is 0 Å². The lowest BCUT2D eigenvalue weighted by Crippen LogP contribution is -2.29. The third-order valence-electron chi connectivity index (χ3n) is 2.19. The van der Waals surface area contributed by atoms with E-state index in [1.165, 1.54) is 12.3 Å². The van der Waals surface area contributed by atoms with Gasteiger partial charge in [-0.05, 0) is 35.0 Å². The van der Waals surface area contributed by atoms with Crippen LogP contribution in [0.4, 0.5) is 0 Å². The number of carbonyl (C=O) groups excluding carboxylic acids is 1. The van der Waals surface area contributed by atoms with Crippen LogP contribution in [-0.2, 0) is 15.1 Å². The number of hydrogen-bond donors (Lipinski definition) is 0. The van der Waals surface area contributed by atoms with Crippen LogP contribution in [0.15, 0.2) is 33.6 Å². The van der Waals surface area contributed by atoms with Gasteiger partial charge in [0, 0.05) is 6.08 Å². The predicted octanol–water partition coefficient (Wildman–Crippen LogP) is 2.76. The van der Waals surface area contributed by atoms with Crippen molar-refractivity contribution in [2.45, 2.75) is 18.9 Å². The molecule has 1 aromatic rings. The SMILES string of the molecule is CC1(c2ccc(Br)o2)CC(=O)C=CO1. The van der Waals surface area contributed by atoms with E-state index < -0.39 is 5.60 Å². The number of ether oxygens (including phenoxy) is 1. The van der Waals surface area contributed by atoms with E-state index in [4.69, 9.17) is 9.15 Å². The van der Waals surface area contributed by atoms with Crippen LogP contribution in [0.1, 0.15) is 19.1 Å². The minimum absolute atomic E-state index is 0.0475. The molecule has 0 fully saturated rings. The summed E-state index contributed by atoms with van der Waals surface area (Å²) in [5.41, 5.74) is -0.669. The number of ketones is 1. The van der Waals surface area contributed by atoms with Crippen LogP contribution in [0.5, 0.6) is 0 Å². The second kappa shape index (κ2) is 3.28. The van der Waals surface area contributed by atoms with E-state index in [1.54, 1.807) is 12.1 Å². The van der Waals surface area contributed by atoms with Crippen LogP contribution >= 0.6 is 15.9 Å². The molecule has 1 aromatic heterocycles. The fourth-order valence-electron chi connectivity index (χ4n) is 1.44. The molecule has 4 heteroatoms. The summed E-state index contributed by atoms with van der Waals surface area (Å²) in [7, 11) is 0. The first-order valence-electron chi connectivity index (χ1n) is 4.23. The molecular formula is C10H9BrO3. The van der Waals surface area contributed by atoms with E-state index in [2.05, 4.69) is 15.9 Å². The number of carbonyl (C=O) groups is 1. The summed E-state index contributed by atoms with van der Waals surface area (Å²) >= 11 is 3.21. The fraction of sp³-hybridized carbons (Fsp3) is 0.300. The topological polar surface area (TPSA) is 39.4 Å². The normalized spacial score (nSPS) is 26.3. The minimum Gasteiger partial charge on any atom is -0.487 e. The maximum absolute atomic E-state index is 11.2. The maximum Gasteiger partial charge on any atom is 0.170 e. The summed E-state index contributed by atoms with van der Waals surface area (Å²) in [4.78, 5) is 11.2. The van der Waals surface area contributed by atoms with Crippen molar-refractivity contribution in [3.05, 3.63) is 34.9 Å². The maximum atomic E-state index is 11.2. The lowest BCUT2D eigenvalue weighted by Gasteiger charge is -2.28. The number of rotatable bonds is 1. The molecule has 14 heavy (non-hydrogen) atoms. The van der Waals surface area contributed by atoms with Gasteiger partial charge in [-0.15, -0.1) is 0 Å². The molecule has 1 atom stereocenters. The van der Waals surface area contributed by atoms with Crippen LogP contribution in [0.2, 0.25) is 0 Å². The van der Waals surface area contributed by atoms with E-state index in [0.717, 1.165) is 0 Å². The zero-order valence-corrected chi connectivity index (χ0v) is 9.21. The first-order chi connectivity index (χ1) is 6.60. The Kier molecular flexibility index (Phi) is 2.23. The molecule has 0 N–H and O–H groups in total. The van der Waals surface area contributed by atoms with Gasteiger partial charge in [0.1, 0.15) is 5.76 Å². The highest BCUT2D eigenvalue weighted by molar-refractivity contribution is 9.10. The van der Waals surface area contributed by atoms with E-state index in [1.807, 2.05) is 6.92 Å². The standard InChI is InChI=1S/C10H9BrO3/c1-10(6-7(12)4-5-13-10)8-2-3-9(11)14-8/h2-5H,6H2,1H3. The average molecular weight is 257 g/mol. The summed E-state index contributed by atoms with van der Waals surface area (Å²) in [5.74, 6) is 0.702. The van der Waals surface area contributed by atoms with Crippen molar-refractivity contribution in [3.63, 3.8) is 0 Å². The number of allylic oxidation sites excluding steroid dienone is 1. The highest BCUT2D eigenvalue weighted by atomic mass is 79.9. The quantitative estimate of drug-likeness (QED) is 0.776. The van der Waals surface area contributed by atoms with Gasteiger partial charge in [-0.1, -0.05) is 0 Å². The second-order valence-corrected chi connectivity index (χ2v) is 4.18. The number of hydrogen-bond acceptors (Lipinski definition) is 3. The van der Waals surface area contributed by atoms with Gasteiger partial charge in [-0.3, -0.25) is 4.79 Å². The van der Waals surface area contributed by atoms with Crippen molar-refractivity contribution in [2.24, 2.45) is 0 Å². The third-order valence-corrected chi connectivity index (χ3v) is 2.61. The Morgan fingerprint density at radius 2 is 2.29 bits per heavy atom. The molecule has 0 radical (unpaired) electrons. The van der Waals surface area contributed by atoms with Gasteiger partial charge in [-0.25, -0.2) is 0 Å². The summed E-state index contributed by atoms with van der Waals surface area (Å²) < 4.78 is 11.4. The molecule has 0 saturated heterocycles. The Morgan fingerprint density at radius 3 is 2.86 bits per heavy atom. The van der Waals surface area contributed by atoms with Gasteiger partial charge in [-0.2, -0.15) is 0 Å². The van der Waals surface area contributed by atoms with Gasteiger partial charge in [0.05, 0.1) is 12.7 Å². The van der Waals surface area contributed by atoms with E-state index in [-0.39, 0.29) is 5.78 Å². The molecule has 0 aromatic carbocycles. The Morgan fingerprint density at radius 1 is 1.50 bits per heavy atom. The molecule has 0 bridgehead atoms. The molecule has 0 amide bonds. The first-order valence-corrected chi connectivity index (χ1v) is 5.02. The summed E-state index contributed by atoms with van der Waals surface area (Å²) in [6.45, 7) is 1.83. The molecule has 3 nitrogen and oxygen atoms in total. The Hall–Kier alpha value is -1.03. The van der Waals surface area contributed by atoms with E-state index in [9.17, 15) is 4.79 Å². The molecule has 2 rings (SSSR count). The van der Waals surface area contributed by atoms with E-state index >= 15 is 0 Å². The van der Waals surface area contributed by atoms with Crippen LogP contribution in [-0.4, -0.2) is 5.78 Å². The smallest absolute Gasteiger partial charge is 0.170 e. The molecule has 1 aliphatic rings. The minimum atomic E-state index is -0.669. The van der Waals surface area contributed by atoms with Crippen molar-refractivity contribution in [1.29, 1.82) is 0 Å². The average Bonchev–Trinajstić information content (AvgIpc) is 2.52. The second-order valence-electron chi connectivity index (χ2n) is 3.40. The summed E-state index contributed by atoms with van der Waals surface area (Å²) in [6, 6.07) is 3.59. The molecule has 2 heterocycles. The molecule has 1 unspecified atom stereocenters. The van der Waals surface area contributed by atoms with Gasteiger partial charge in [0.15, 0.2) is 16.1 Å². The summed E-state index contributed by atoms with van der Waals surface area (Å²) in [6.07, 6.45) is 3.16. The van der Waals surface area contributed by atoms with E-state index in [0.29, 0.717) is 16.9 Å². The van der Waals surface area contributed by atoms with Gasteiger partial charge in [0.2, 0.25) is 0 Å². The molecular weight excluding hydrogens is 248 g/mol. The zero-order valence-electron chi connectivity index (χ0n) is 7.62. The van der Waals surface area contributed by atoms with Crippen molar-refractivity contribution < 1.29 is 13.9 Å². The monoisotopic (exact) mass is 256 g/mol. The van der Waals surface area contributed by atoms with Crippen LogP contribution in [0.25, 0.3) is 0 Å². The Balaban J connectivity index is 2.33. The highest BCUT2D eigenvalue weighted by Gasteiger charge is 2.35. The molecule has 0 aliphatic carbocycles. The zero-order chi connectivity index (χ0) is 10.2. The van der Waals surface area contributed by atoms with Gasteiger partial charge in [0.25, 0.3) is 0 Å². The Labute approximate surface area is 89.9 Å². The summed E-state index contributed by atoms with van der Waals surface area (Å²) in [5, 5.41) is 0. The molecule has 1 aliphatic heterocycles. The van der Waals surface area contributed by atoms with Crippen LogP contribution in [0, 0.1) is 0 Å². The molecule has 74 valence electrons. The van der Waals surface area contributed by atoms with Crippen molar-refractivity contribution in [3.8, 4) is 0 Å². The highest BCUT2D eigenvalue weighted by Crippen LogP contribution is 2.34. The third kappa shape index (κ3) is 1.62. The van der Waals surface area contributed by atoms with Crippen molar-refractivity contribution in [2.75, 3.05) is 0 Å². The van der Waals surface area contributed by atoms with Crippen LogP contribution in [0.3, 0.4) is 0 Å². The van der Waals surface area contributed by atoms with Crippen molar-refractivity contribution >= 4 is 21.7 Å². The number of furan rings is 1. The number of halogens is 1. The molecule has 0 saturated carbocycles. The predicted molar refractivity (Wildman–Crippen MR) is 53.6 cm³/mol. The molecule has 0 spiro atoms. The van der Waals surface area contributed by atoms with Crippen LogP contribution < -0.4 is 0 Å². The fourth-order valence-corrected chi connectivity index (χ4v) is 1.74. The Bertz CT molecular complexity index is 394. The lowest BCUT2D eigenvalue weighted by atomic mass is 9.94. The largest absolute Gasteiger partial charge is 0.487 e. The lowest BCUT2D eigenvalue weighted by molar-refractivity contribution is -0.123. The van der Waals surface area contributed by atoms with Gasteiger partial charge < -0.3 is 9.15 Å². The van der Waals surface area contributed by atoms with Gasteiger partial charge >= 0.3 is 0 Å².